The Labute approximate surface area is 513 Å². The molecule has 0 aliphatic rings. The van der Waals surface area contributed by atoms with Crippen molar-refractivity contribution in [2.45, 2.75) is 411 Å². The third kappa shape index (κ3) is 66.8. The minimum atomic E-state index is -4.33. The van der Waals surface area contributed by atoms with E-state index in [0.29, 0.717) is 23.9 Å². The summed E-state index contributed by atoms with van der Waals surface area (Å²) in [6, 6.07) is -0.759. The molecule has 0 fully saturated rings. The molecule has 82 heavy (non-hydrogen) atoms. The fourth-order valence-corrected chi connectivity index (χ4v) is 12.5. The minimum absolute atomic E-state index is 0.0783. The topological polar surface area (TPSA) is 105 Å². The van der Waals surface area contributed by atoms with Crippen LogP contribution in [-0.2, 0) is 18.4 Å². The molecule has 0 bridgehead atoms. The van der Waals surface area contributed by atoms with Gasteiger partial charge < -0.3 is 19.8 Å². The van der Waals surface area contributed by atoms with E-state index in [1.54, 1.807) is 0 Å². The van der Waals surface area contributed by atoms with E-state index in [-0.39, 0.29) is 19.1 Å². The van der Waals surface area contributed by atoms with Gasteiger partial charge in [-0.2, -0.15) is 0 Å². The number of phosphoric acid groups is 1. The van der Waals surface area contributed by atoms with Gasteiger partial charge in [0.05, 0.1) is 39.9 Å². The highest BCUT2D eigenvalue weighted by atomic mass is 31.2. The highest BCUT2D eigenvalue weighted by molar-refractivity contribution is 7.47. The van der Waals surface area contributed by atoms with Gasteiger partial charge in [-0.25, -0.2) is 4.57 Å². The second kappa shape index (κ2) is 64.7. The third-order valence-electron chi connectivity index (χ3n) is 17.5. The molecule has 490 valence electrons. The number of amides is 1. The predicted molar refractivity (Wildman–Crippen MR) is 360 cm³/mol. The van der Waals surface area contributed by atoms with E-state index < -0.39 is 20.0 Å². The van der Waals surface area contributed by atoms with Crippen LogP contribution in [0.1, 0.15) is 399 Å². The monoisotopic (exact) mass is 1180 g/mol. The van der Waals surface area contributed by atoms with Crippen molar-refractivity contribution in [1.82, 2.24) is 5.32 Å². The van der Waals surface area contributed by atoms with E-state index in [1.807, 2.05) is 21.1 Å². The average molecular weight is 1180 g/mol. The van der Waals surface area contributed by atoms with Gasteiger partial charge in [0.2, 0.25) is 5.91 Å². The van der Waals surface area contributed by atoms with E-state index in [0.717, 1.165) is 38.5 Å². The lowest BCUT2D eigenvalue weighted by atomic mass is 10.0. The van der Waals surface area contributed by atoms with Crippen LogP contribution in [0.5, 0.6) is 0 Å². The van der Waals surface area contributed by atoms with E-state index in [2.05, 4.69) is 31.3 Å². The van der Waals surface area contributed by atoms with Crippen molar-refractivity contribution in [3.05, 3.63) is 12.2 Å². The normalized spacial score (nSPS) is 13.6. The van der Waals surface area contributed by atoms with Crippen LogP contribution in [0.3, 0.4) is 0 Å². The van der Waals surface area contributed by atoms with Crippen molar-refractivity contribution in [3.8, 4) is 0 Å². The van der Waals surface area contributed by atoms with Crippen LogP contribution in [-0.4, -0.2) is 73.4 Å². The summed E-state index contributed by atoms with van der Waals surface area (Å²) in [7, 11) is 1.64. The molecule has 8 nitrogen and oxygen atoms in total. The Morgan fingerprint density at radius 3 is 0.939 bits per heavy atom. The Morgan fingerprint density at radius 1 is 0.402 bits per heavy atom. The largest absolute Gasteiger partial charge is 0.472 e. The maximum absolute atomic E-state index is 13.1. The molecule has 3 N–H and O–H groups in total. The van der Waals surface area contributed by atoms with Crippen LogP contribution in [0.25, 0.3) is 0 Å². The summed E-state index contributed by atoms with van der Waals surface area (Å²) in [5, 5.41) is 14.2. The van der Waals surface area contributed by atoms with Crippen LogP contribution in [0, 0.1) is 0 Å². The molecule has 0 saturated carbocycles. The Bertz CT molecular complexity index is 1340. The number of quaternary nitrogens is 1. The van der Waals surface area contributed by atoms with Crippen LogP contribution in [0.2, 0.25) is 0 Å². The number of hydrogen-bond acceptors (Lipinski definition) is 5. The summed E-state index contributed by atoms with van der Waals surface area (Å²) in [6.45, 7) is 4.96. The van der Waals surface area contributed by atoms with Crippen molar-refractivity contribution in [2.75, 3.05) is 40.9 Å². The van der Waals surface area contributed by atoms with Gasteiger partial charge in [-0.15, -0.1) is 0 Å². The van der Waals surface area contributed by atoms with Gasteiger partial charge in [-0.3, -0.25) is 13.8 Å². The van der Waals surface area contributed by atoms with Crippen molar-refractivity contribution < 1.29 is 32.9 Å². The van der Waals surface area contributed by atoms with Gasteiger partial charge in [0, 0.05) is 6.42 Å². The van der Waals surface area contributed by atoms with Crippen molar-refractivity contribution in [3.63, 3.8) is 0 Å². The highest BCUT2D eigenvalue weighted by Crippen LogP contribution is 2.43. The first-order chi connectivity index (χ1) is 40.0. The van der Waals surface area contributed by atoms with E-state index in [1.165, 1.54) is 334 Å². The lowest BCUT2D eigenvalue weighted by molar-refractivity contribution is -0.870. The van der Waals surface area contributed by atoms with Gasteiger partial charge in [0.15, 0.2) is 0 Å². The highest BCUT2D eigenvalue weighted by Gasteiger charge is 2.28. The average Bonchev–Trinajstić information content (AvgIpc) is 3.47. The quantitative estimate of drug-likeness (QED) is 0.0243. The number of aliphatic hydroxyl groups is 1. The Morgan fingerprint density at radius 2 is 0.659 bits per heavy atom. The second-order valence-corrected chi connectivity index (χ2v) is 28.5. The zero-order valence-corrected chi connectivity index (χ0v) is 57.2. The number of carbonyl (C=O) groups excluding carboxylic acids is 1. The Balaban J connectivity index is 3.92. The number of unbranched alkanes of at least 4 members (excludes halogenated alkanes) is 55. The van der Waals surface area contributed by atoms with Gasteiger partial charge in [-0.1, -0.05) is 366 Å². The summed E-state index contributed by atoms with van der Waals surface area (Å²) < 4.78 is 23.9. The lowest BCUT2D eigenvalue weighted by Crippen LogP contribution is -2.46. The van der Waals surface area contributed by atoms with Crippen molar-refractivity contribution >= 4 is 13.7 Å². The second-order valence-electron chi connectivity index (χ2n) is 27.0. The van der Waals surface area contributed by atoms with Crippen molar-refractivity contribution in [2.24, 2.45) is 0 Å². The number of carbonyl (C=O) groups is 1. The molecule has 1 amide bonds. The molecule has 3 atom stereocenters. The van der Waals surface area contributed by atoms with Gasteiger partial charge in [-0.05, 0) is 38.5 Å². The number of allylic oxidation sites excluding steroid dienone is 2. The summed E-state index contributed by atoms with van der Waals surface area (Å²) in [4.78, 5) is 23.5. The molecule has 0 heterocycles. The summed E-state index contributed by atoms with van der Waals surface area (Å²) in [6.07, 6.45) is 83.4. The first-order valence-electron chi connectivity index (χ1n) is 37.1. The molecule has 0 aromatic carbocycles. The van der Waals surface area contributed by atoms with E-state index in [9.17, 15) is 19.4 Å². The van der Waals surface area contributed by atoms with Gasteiger partial charge >= 0.3 is 7.82 Å². The molecule has 3 unspecified atom stereocenters. The van der Waals surface area contributed by atoms with Crippen LogP contribution in [0.15, 0.2) is 12.2 Å². The van der Waals surface area contributed by atoms with Crippen LogP contribution >= 0.6 is 7.82 Å². The number of aliphatic hydroxyl groups excluding tert-OH is 1. The zero-order chi connectivity index (χ0) is 59.8. The molecule has 0 radical (unpaired) electrons. The molecule has 0 rings (SSSR count). The molecule has 0 spiro atoms. The maximum atomic E-state index is 13.1. The van der Waals surface area contributed by atoms with Crippen LogP contribution in [0.4, 0.5) is 0 Å². The first-order valence-corrected chi connectivity index (χ1v) is 38.5. The SMILES string of the molecule is CCCCCCCCCCCCCCCCCC/C=C\CCCCCCCCCCCCCCCCCCCC(=O)NC(COP(=O)(O)OCC[N+](C)(C)C)C(O)CCCCCCCCCCCCCCCCCCCCCCCCC. The number of nitrogens with one attached hydrogen (secondary N) is 1. The Hall–Kier alpha value is -0.760. The van der Waals surface area contributed by atoms with E-state index >= 15 is 0 Å². The number of nitrogens with zero attached hydrogens (tertiary/aromatic N) is 1. The third-order valence-corrected chi connectivity index (χ3v) is 18.5. The number of hydrogen-bond donors (Lipinski definition) is 3. The van der Waals surface area contributed by atoms with Gasteiger partial charge in [0.25, 0.3) is 0 Å². The van der Waals surface area contributed by atoms with Crippen molar-refractivity contribution in [1.29, 1.82) is 0 Å². The first kappa shape index (κ1) is 81.2. The number of likely N-dealkylation sites (N-methyl/N-ethyl adjacent to an activating group) is 1. The summed E-state index contributed by atoms with van der Waals surface area (Å²) in [5.74, 6) is -0.135. The molecule has 0 aromatic heterocycles. The number of phosphoric ester groups is 1. The minimum Gasteiger partial charge on any atom is -0.391 e. The summed E-state index contributed by atoms with van der Waals surface area (Å²) >= 11 is 0. The maximum Gasteiger partial charge on any atom is 0.472 e. The molecular formula is C73H148N2O6P+. The van der Waals surface area contributed by atoms with Crippen LogP contribution < -0.4 is 5.32 Å². The Kier molecular flexibility index (Phi) is 64.1. The standard InChI is InChI=1S/C73H147N2O6P/c1-6-8-10-12-14-16-18-20-22-24-26-28-30-31-32-33-34-35-36-37-38-39-40-41-42-43-45-47-49-51-53-55-57-59-61-63-65-67-73(77)74-71(70-81-82(78,79)80-69-68-75(3,4)5)72(76)66-64-62-60-58-56-54-52-50-48-46-44-29-27-25-23-21-19-17-15-13-11-9-7-2/h35-36,71-72,76H,6-34,37-70H2,1-5H3,(H-,74,77,78,79)/p+1/b36-35-. The fourth-order valence-electron chi connectivity index (χ4n) is 11.8. The number of rotatable bonds is 70. The van der Waals surface area contributed by atoms with E-state index in [4.69, 9.17) is 9.05 Å². The fraction of sp³-hybridized carbons (Fsp3) is 0.959. The molecule has 0 aromatic rings. The van der Waals surface area contributed by atoms with Gasteiger partial charge in [0.1, 0.15) is 13.2 Å². The molecule has 0 aliphatic carbocycles. The predicted octanol–water partition coefficient (Wildman–Crippen LogP) is 23.7. The molecule has 9 heteroatoms. The molecule has 0 saturated heterocycles. The molecular weight excluding hydrogens is 1030 g/mol. The smallest absolute Gasteiger partial charge is 0.391 e. The lowest BCUT2D eigenvalue weighted by Gasteiger charge is -2.26. The molecule has 0 aliphatic heterocycles. The zero-order valence-electron chi connectivity index (χ0n) is 56.3. The summed E-state index contributed by atoms with van der Waals surface area (Å²) in [5.41, 5.74) is 0.